The van der Waals surface area contributed by atoms with Crippen molar-refractivity contribution in [2.24, 2.45) is 5.41 Å². The Hall–Kier alpha value is -2.30. The molecular formula is C16H14F2N2O. The maximum absolute atomic E-state index is 13.1. The van der Waals surface area contributed by atoms with Crippen LogP contribution in [0, 0.1) is 5.41 Å². The van der Waals surface area contributed by atoms with E-state index in [-0.39, 0.29) is 17.8 Å². The molecule has 0 radical (unpaired) electrons. The van der Waals surface area contributed by atoms with Crippen LogP contribution in [0.2, 0.25) is 0 Å². The van der Waals surface area contributed by atoms with Gasteiger partial charge in [-0.1, -0.05) is 24.3 Å². The van der Waals surface area contributed by atoms with Crippen molar-refractivity contribution in [3.63, 3.8) is 0 Å². The molecule has 1 aromatic heterocycles. The molecule has 3 nitrogen and oxygen atoms in total. The lowest BCUT2D eigenvalue weighted by Crippen LogP contribution is -2.44. The number of halogens is 2. The highest BCUT2D eigenvalue weighted by Gasteiger charge is 2.49. The number of nitrogens with one attached hydrogen (secondary N) is 1. The summed E-state index contributed by atoms with van der Waals surface area (Å²) in [7, 11) is 0. The van der Waals surface area contributed by atoms with Gasteiger partial charge in [-0.05, 0) is 11.6 Å². The summed E-state index contributed by atoms with van der Waals surface area (Å²) in [6.45, 7) is -1.71. The molecule has 0 bridgehead atoms. The minimum Gasteiger partial charge on any atom is -0.351 e. The SMILES string of the molecule is O=C1CC(CF)(CF)/C1=C\c1ccccc1-c1c[nH]cn1. The first kappa shape index (κ1) is 13.7. The number of Topliss-reactive ketones (excluding diaryl/α,β-unsaturated/α-hetero) is 1. The van der Waals surface area contributed by atoms with Crippen molar-refractivity contribution in [1.82, 2.24) is 9.97 Å². The van der Waals surface area contributed by atoms with Gasteiger partial charge in [0.2, 0.25) is 0 Å². The van der Waals surface area contributed by atoms with Crippen LogP contribution in [-0.2, 0) is 4.79 Å². The molecule has 0 aliphatic heterocycles. The molecule has 21 heavy (non-hydrogen) atoms. The Bertz CT molecular complexity index is 688. The Balaban J connectivity index is 2.06. The molecular weight excluding hydrogens is 274 g/mol. The molecule has 1 fully saturated rings. The predicted molar refractivity (Wildman–Crippen MR) is 76.0 cm³/mol. The van der Waals surface area contributed by atoms with E-state index in [2.05, 4.69) is 9.97 Å². The number of aromatic amines is 1. The van der Waals surface area contributed by atoms with Gasteiger partial charge in [0.1, 0.15) is 13.3 Å². The van der Waals surface area contributed by atoms with E-state index in [4.69, 9.17) is 0 Å². The van der Waals surface area contributed by atoms with Crippen LogP contribution < -0.4 is 0 Å². The van der Waals surface area contributed by atoms with Crippen molar-refractivity contribution in [2.45, 2.75) is 6.42 Å². The van der Waals surface area contributed by atoms with Crippen LogP contribution in [0.3, 0.4) is 0 Å². The molecule has 1 N–H and O–H groups in total. The molecule has 108 valence electrons. The largest absolute Gasteiger partial charge is 0.351 e. The van der Waals surface area contributed by atoms with Crippen LogP contribution in [0.1, 0.15) is 12.0 Å². The highest BCUT2D eigenvalue weighted by molar-refractivity contribution is 6.08. The van der Waals surface area contributed by atoms with E-state index in [1.54, 1.807) is 18.6 Å². The summed E-state index contributed by atoms with van der Waals surface area (Å²) < 4.78 is 26.3. The second-order valence-electron chi connectivity index (χ2n) is 5.25. The summed E-state index contributed by atoms with van der Waals surface area (Å²) in [6.07, 6.45) is 4.82. The quantitative estimate of drug-likeness (QED) is 0.877. The van der Waals surface area contributed by atoms with Gasteiger partial charge in [0.05, 0.1) is 17.4 Å². The zero-order valence-corrected chi connectivity index (χ0v) is 11.3. The van der Waals surface area contributed by atoms with Crippen LogP contribution in [0.4, 0.5) is 8.78 Å². The van der Waals surface area contributed by atoms with E-state index < -0.39 is 18.8 Å². The van der Waals surface area contributed by atoms with Crippen molar-refractivity contribution in [3.05, 3.63) is 47.9 Å². The van der Waals surface area contributed by atoms with Gasteiger partial charge >= 0.3 is 0 Å². The molecule has 1 saturated carbocycles. The van der Waals surface area contributed by atoms with Gasteiger partial charge in [-0.25, -0.2) is 4.98 Å². The number of H-pyrrole nitrogens is 1. The number of rotatable bonds is 4. The van der Waals surface area contributed by atoms with Crippen molar-refractivity contribution < 1.29 is 13.6 Å². The molecule has 3 rings (SSSR count). The summed E-state index contributed by atoms with van der Waals surface area (Å²) in [5, 5.41) is 0. The summed E-state index contributed by atoms with van der Waals surface area (Å²) in [5.74, 6) is -0.192. The second kappa shape index (κ2) is 5.24. The molecule has 0 spiro atoms. The summed E-state index contributed by atoms with van der Waals surface area (Å²) in [4.78, 5) is 18.8. The first-order chi connectivity index (χ1) is 10.2. The number of hydrogen-bond acceptors (Lipinski definition) is 2. The van der Waals surface area contributed by atoms with Crippen LogP contribution in [0.15, 0.2) is 42.4 Å². The highest BCUT2D eigenvalue weighted by Crippen LogP contribution is 2.45. The van der Waals surface area contributed by atoms with Gasteiger partial charge in [-0.15, -0.1) is 0 Å². The van der Waals surface area contributed by atoms with Crippen LogP contribution >= 0.6 is 0 Å². The maximum Gasteiger partial charge on any atom is 0.160 e. The second-order valence-corrected chi connectivity index (χ2v) is 5.25. The number of carbonyl (C=O) groups excluding carboxylic acids is 1. The average Bonchev–Trinajstić information content (AvgIpc) is 3.04. The molecule has 1 aliphatic carbocycles. The fraction of sp³-hybridized carbons (Fsp3) is 0.250. The van der Waals surface area contributed by atoms with Crippen LogP contribution in [0.5, 0.6) is 0 Å². The molecule has 5 heteroatoms. The zero-order chi connectivity index (χ0) is 14.9. The highest BCUT2D eigenvalue weighted by atomic mass is 19.1. The van der Waals surface area contributed by atoms with E-state index in [9.17, 15) is 13.6 Å². The van der Waals surface area contributed by atoms with E-state index in [0.717, 1.165) is 16.8 Å². The number of nitrogens with zero attached hydrogens (tertiary/aromatic N) is 1. The maximum atomic E-state index is 13.1. The molecule has 1 heterocycles. The Labute approximate surface area is 120 Å². The lowest BCUT2D eigenvalue weighted by atomic mass is 9.64. The normalized spacial score (nSPS) is 18.8. The van der Waals surface area contributed by atoms with Crippen molar-refractivity contribution in [1.29, 1.82) is 0 Å². The molecule has 0 unspecified atom stereocenters. The third-order valence-electron chi connectivity index (χ3n) is 3.92. The summed E-state index contributed by atoms with van der Waals surface area (Å²) >= 11 is 0. The van der Waals surface area contributed by atoms with Crippen molar-refractivity contribution in [3.8, 4) is 11.3 Å². The number of allylic oxidation sites excluding steroid dienone is 1. The van der Waals surface area contributed by atoms with Gasteiger partial charge in [-0.2, -0.15) is 0 Å². The predicted octanol–water partition coefficient (Wildman–Crippen LogP) is 3.36. The van der Waals surface area contributed by atoms with E-state index in [0.29, 0.717) is 0 Å². The summed E-state index contributed by atoms with van der Waals surface area (Å²) in [5.41, 5.74) is 1.25. The van der Waals surface area contributed by atoms with E-state index in [1.807, 2.05) is 24.3 Å². The lowest BCUT2D eigenvalue weighted by Gasteiger charge is -2.38. The average molecular weight is 288 g/mol. The Morgan fingerprint density at radius 2 is 2.05 bits per heavy atom. The van der Waals surface area contributed by atoms with Crippen molar-refractivity contribution >= 4 is 11.9 Å². The molecule has 2 aromatic rings. The minimum atomic E-state index is -1.25. The van der Waals surface area contributed by atoms with Gasteiger partial charge < -0.3 is 4.98 Å². The van der Waals surface area contributed by atoms with Crippen LogP contribution in [0.25, 0.3) is 17.3 Å². The number of hydrogen-bond donors (Lipinski definition) is 1. The Morgan fingerprint density at radius 3 is 2.67 bits per heavy atom. The topological polar surface area (TPSA) is 45.8 Å². The fourth-order valence-corrected chi connectivity index (χ4v) is 2.61. The number of benzene rings is 1. The monoisotopic (exact) mass is 288 g/mol. The third-order valence-corrected chi connectivity index (χ3v) is 3.92. The van der Waals surface area contributed by atoms with Crippen LogP contribution in [-0.4, -0.2) is 29.1 Å². The Morgan fingerprint density at radius 1 is 1.29 bits per heavy atom. The molecule has 1 aliphatic rings. The number of aromatic nitrogens is 2. The fourth-order valence-electron chi connectivity index (χ4n) is 2.61. The number of ketones is 1. The van der Waals surface area contributed by atoms with Gasteiger partial charge in [0.15, 0.2) is 5.78 Å². The standard InChI is InChI=1S/C16H14F2N2O/c17-8-16(9-18)6-15(21)13(16)5-11-3-1-2-4-12(11)14-7-19-10-20-14/h1-5,7,10H,6,8-9H2,(H,19,20)/b13-5-. The molecule has 0 amide bonds. The first-order valence-corrected chi connectivity index (χ1v) is 6.66. The summed E-state index contributed by atoms with van der Waals surface area (Å²) in [6, 6.07) is 7.34. The Kier molecular flexibility index (Phi) is 3.41. The number of imidazole rings is 1. The third kappa shape index (κ3) is 2.18. The lowest BCUT2D eigenvalue weighted by molar-refractivity contribution is -0.125. The molecule has 1 aromatic carbocycles. The first-order valence-electron chi connectivity index (χ1n) is 6.66. The molecule has 0 saturated heterocycles. The van der Waals surface area contributed by atoms with Crippen molar-refractivity contribution in [2.75, 3.05) is 13.3 Å². The number of alkyl halides is 2. The van der Waals surface area contributed by atoms with Gasteiger partial charge in [-0.3, -0.25) is 13.6 Å². The number of carbonyl (C=O) groups is 1. The smallest absolute Gasteiger partial charge is 0.160 e. The van der Waals surface area contributed by atoms with E-state index in [1.165, 1.54) is 0 Å². The van der Waals surface area contributed by atoms with Gasteiger partial charge in [0.25, 0.3) is 0 Å². The zero-order valence-electron chi connectivity index (χ0n) is 11.3. The van der Waals surface area contributed by atoms with Gasteiger partial charge in [0, 0.05) is 23.8 Å². The molecule has 0 atom stereocenters. The van der Waals surface area contributed by atoms with E-state index >= 15 is 0 Å². The minimum absolute atomic E-state index is 0.0591.